The summed E-state index contributed by atoms with van der Waals surface area (Å²) in [4.78, 5) is 0. The van der Waals surface area contributed by atoms with E-state index in [1.165, 1.54) is 0 Å². The number of rotatable bonds is 3. The average molecular weight is 229 g/mol. The summed E-state index contributed by atoms with van der Waals surface area (Å²) in [6.07, 6.45) is 0. The van der Waals surface area contributed by atoms with Gasteiger partial charge < -0.3 is 0 Å². The van der Waals surface area contributed by atoms with Gasteiger partial charge in [-0.05, 0) is 24.6 Å². The standard InChI is InChI=1S/C10H10Cl2N2/c1-7(5-13)14-6-8-2-3-9(11)4-10(8)12/h2-4,7,14H,6H2,1H3. The Hall–Kier alpha value is -0.750. The highest BCUT2D eigenvalue weighted by Gasteiger charge is 2.03. The topological polar surface area (TPSA) is 35.8 Å². The van der Waals surface area contributed by atoms with Gasteiger partial charge in [-0.3, -0.25) is 5.32 Å². The molecule has 2 nitrogen and oxygen atoms in total. The third-order valence-electron chi connectivity index (χ3n) is 1.81. The Kier molecular flexibility index (Phi) is 4.21. The maximum absolute atomic E-state index is 8.56. The van der Waals surface area contributed by atoms with Crippen molar-refractivity contribution in [3.8, 4) is 6.07 Å². The molecular weight excluding hydrogens is 219 g/mol. The van der Waals surface area contributed by atoms with Crippen LogP contribution in [0.3, 0.4) is 0 Å². The SMILES string of the molecule is CC(C#N)NCc1ccc(Cl)cc1Cl. The molecule has 0 radical (unpaired) electrons. The lowest BCUT2D eigenvalue weighted by atomic mass is 10.2. The van der Waals surface area contributed by atoms with Crippen LogP contribution in [0.4, 0.5) is 0 Å². The second kappa shape index (κ2) is 5.21. The molecule has 0 heterocycles. The summed E-state index contributed by atoms with van der Waals surface area (Å²) >= 11 is 11.7. The second-order valence-corrected chi connectivity index (χ2v) is 3.81. The molecule has 4 heteroatoms. The highest BCUT2D eigenvalue weighted by atomic mass is 35.5. The van der Waals surface area contributed by atoms with E-state index in [0.29, 0.717) is 16.6 Å². The minimum Gasteiger partial charge on any atom is -0.298 e. The summed E-state index contributed by atoms with van der Waals surface area (Å²) in [5, 5.41) is 12.8. The summed E-state index contributed by atoms with van der Waals surface area (Å²) in [5.41, 5.74) is 0.943. The molecule has 1 unspecified atom stereocenters. The zero-order valence-electron chi connectivity index (χ0n) is 7.72. The maximum atomic E-state index is 8.56. The molecule has 1 N–H and O–H groups in total. The fraction of sp³-hybridized carbons (Fsp3) is 0.300. The third-order valence-corrected chi connectivity index (χ3v) is 2.39. The Labute approximate surface area is 93.4 Å². The summed E-state index contributed by atoms with van der Waals surface area (Å²) in [5.74, 6) is 0. The molecule has 74 valence electrons. The van der Waals surface area contributed by atoms with Crippen LogP contribution in [-0.2, 0) is 6.54 Å². The highest BCUT2D eigenvalue weighted by molar-refractivity contribution is 6.35. The van der Waals surface area contributed by atoms with Gasteiger partial charge in [-0.25, -0.2) is 0 Å². The molecule has 0 fully saturated rings. The Morgan fingerprint density at radius 1 is 1.50 bits per heavy atom. The number of nitrogens with one attached hydrogen (secondary N) is 1. The van der Waals surface area contributed by atoms with Gasteiger partial charge in [-0.15, -0.1) is 0 Å². The van der Waals surface area contributed by atoms with Crippen LogP contribution in [-0.4, -0.2) is 6.04 Å². The van der Waals surface area contributed by atoms with Crippen LogP contribution < -0.4 is 5.32 Å². The first-order chi connectivity index (χ1) is 6.63. The Bertz CT molecular complexity index is 358. The first kappa shape index (κ1) is 11.3. The molecule has 0 aromatic heterocycles. The molecule has 0 aliphatic rings. The number of benzene rings is 1. The van der Waals surface area contributed by atoms with E-state index < -0.39 is 0 Å². The van der Waals surface area contributed by atoms with Gasteiger partial charge in [0.2, 0.25) is 0 Å². The summed E-state index contributed by atoms with van der Waals surface area (Å²) in [6.45, 7) is 2.37. The van der Waals surface area contributed by atoms with Gasteiger partial charge in [0.1, 0.15) is 0 Å². The number of nitriles is 1. The Morgan fingerprint density at radius 3 is 2.79 bits per heavy atom. The monoisotopic (exact) mass is 228 g/mol. The fourth-order valence-corrected chi connectivity index (χ4v) is 1.45. The van der Waals surface area contributed by atoms with Crippen molar-refractivity contribution >= 4 is 23.2 Å². The lowest BCUT2D eigenvalue weighted by Crippen LogP contribution is -2.23. The van der Waals surface area contributed by atoms with Gasteiger partial charge in [0, 0.05) is 16.6 Å². The van der Waals surface area contributed by atoms with Crippen molar-refractivity contribution in [2.75, 3.05) is 0 Å². The Balaban J connectivity index is 2.64. The number of halogens is 2. The predicted molar refractivity (Wildman–Crippen MR) is 58.4 cm³/mol. The van der Waals surface area contributed by atoms with Gasteiger partial charge in [-0.1, -0.05) is 29.3 Å². The van der Waals surface area contributed by atoms with E-state index in [4.69, 9.17) is 28.5 Å². The van der Waals surface area contributed by atoms with Crippen LogP contribution in [0.1, 0.15) is 12.5 Å². The minimum absolute atomic E-state index is 0.179. The van der Waals surface area contributed by atoms with Crippen molar-refractivity contribution < 1.29 is 0 Å². The molecule has 0 spiro atoms. The highest BCUT2D eigenvalue weighted by Crippen LogP contribution is 2.20. The molecule has 1 atom stereocenters. The van der Waals surface area contributed by atoms with Crippen LogP contribution >= 0.6 is 23.2 Å². The van der Waals surface area contributed by atoms with Crippen molar-refractivity contribution in [2.45, 2.75) is 19.5 Å². The van der Waals surface area contributed by atoms with E-state index in [9.17, 15) is 0 Å². The van der Waals surface area contributed by atoms with Crippen molar-refractivity contribution in [3.05, 3.63) is 33.8 Å². The van der Waals surface area contributed by atoms with Crippen molar-refractivity contribution in [1.29, 1.82) is 5.26 Å². The van der Waals surface area contributed by atoms with E-state index in [-0.39, 0.29) is 6.04 Å². The summed E-state index contributed by atoms with van der Waals surface area (Å²) in [7, 11) is 0. The predicted octanol–water partition coefficient (Wildman–Crippen LogP) is 3.00. The molecule has 0 amide bonds. The molecule has 1 rings (SSSR count). The van der Waals surface area contributed by atoms with E-state index in [1.807, 2.05) is 6.07 Å². The molecule has 0 saturated carbocycles. The van der Waals surface area contributed by atoms with E-state index >= 15 is 0 Å². The van der Waals surface area contributed by atoms with Crippen LogP contribution in [0.5, 0.6) is 0 Å². The molecule has 0 aliphatic carbocycles. The lowest BCUT2D eigenvalue weighted by molar-refractivity contribution is 0.642. The summed E-state index contributed by atoms with van der Waals surface area (Å²) in [6, 6.07) is 7.23. The number of nitrogens with zero attached hydrogens (tertiary/aromatic N) is 1. The quantitative estimate of drug-likeness (QED) is 0.864. The molecule has 1 aromatic rings. The van der Waals surface area contributed by atoms with Gasteiger partial charge in [0.25, 0.3) is 0 Å². The third kappa shape index (κ3) is 3.19. The van der Waals surface area contributed by atoms with E-state index in [1.54, 1.807) is 19.1 Å². The zero-order chi connectivity index (χ0) is 10.6. The van der Waals surface area contributed by atoms with Crippen LogP contribution in [0, 0.1) is 11.3 Å². The average Bonchev–Trinajstić information content (AvgIpc) is 2.16. The molecule has 0 aliphatic heterocycles. The minimum atomic E-state index is -0.179. The van der Waals surface area contributed by atoms with Crippen LogP contribution in [0.2, 0.25) is 10.0 Å². The van der Waals surface area contributed by atoms with Crippen LogP contribution in [0.15, 0.2) is 18.2 Å². The second-order valence-electron chi connectivity index (χ2n) is 2.97. The van der Waals surface area contributed by atoms with Crippen molar-refractivity contribution in [3.63, 3.8) is 0 Å². The molecule has 0 saturated heterocycles. The van der Waals surface area contributed by atoms with E-state index in [2.05, 4.69) is 11.4 Å². The Morgan fingerprint density at radius 2 is 2.21 bits per heavy atom. The van der Waals surface area contributed by atoms with Crippen molar-refractivity contribution in [2.24, 2.45) is 0 Å². The molecular formula is C10H10Cl2N2. The fourth-order valence-electron chi connectivity index (χ4n) is 0.974. The first-order valence-electron chi connectivity index (χ1n) is 4.20. The smallest absolute Gasteiger partial charge is 0.0927 e. The van der Waals surface area contributed by atoms with Crippen LogP contribution in [0.25, 0.3) is 0 Å². The van der Waals surface area contributed by atoms with Gasteiger partial charge in [0.05, 0.1) is 12.1 Å². The molecule has 14 heavy (non-hydrogen) atoms. The van der Waals surface area contributed by atoms with Gasteiger partial charge in [0.15, 0.2) is 0 Å². The molecule has 0 bridgehead atoms. The molecule has 1 aromatic carbocycles. The van der Waals surface area contributed by atoms with Gasteiger partial charge in [-0.2, -0.15) is 5.26 Å². The van der Waals surface area contributed by atoms with Gasteiger partial charge >= 0.3 is 0 Å². The normalized spacial score (nSPS) is 12.1. The summed E-state index contributed by atoms with van der Waals surface area (Å²) < 4.78 is 0. The number of hydrogen-bond donors (Lipinski definition) is 1. The first-order valence-corrected chi connectivity index (χ1v) is 4.96. The zero-order valence-corrected chi connectivity index (χ0v) is 9.23. The maximum Gasteiger partial charge on any atom is 0.0927 e. The number of hydrogen-bond acceptors (Lipinski definition) is 2. The lowest BCUT2D eigenvalue weighted by Gasteiger charge is -2.07. The van der Waals surface area contributed by atoms with E-state index in [0.717, 1.165) is 5.56 Å². The van der Waals surface area contributed by atoms with Crippen molar-refractivity contribution in [1.82, 2.24) is 5.32 Å². The largest absolute Gasteiger partial charge is 0.298 e.